The molecule has 0 amide bonds. The number of fused-ring (bicyclic) bond motifs is 1. The van der Waals surface area contributed by atoms with Gasteiger partial charge in [0.05, 0.1) is 6.67 Å². The Hall–Kier alpha value is -2.35. The van der Waals surface area contributed by atoms with Crippen molar-refractivity contribution in [3.8, 4) is 0 Å². The topological polar surface area (TPSA) is 97.0 Å². The van der Waals surface area contributed by atoms with E-state index < -0.39 is 0 Å². The van der Waals surface area contributed by atoms with Crippen molar-refractivity contribution in [3.63, 3.8) is 0 Å². The maximum absolute atomic E-state index is 10.6. The van der Waals surface area contributed by atoms with Gasteiger partial charge in [-0.05, 0) is 17.7 Å². The number of nitrogens with two attached hydrogens (primary N) is 1. The van der Waals surface area contributed by atoms with Gasteiger partial charge in [0.2, 0.25) is 0 Å². The van der Waals surface area contributed by atoms with Crippen molar-refractivity contribution in [1.29, 1.82) is 0 Å². The molecule has 0 aromatic carbocycles. The zero-order valence-electron chi connectivity index (χ0n) is 10.6. The van der Waals surface area contributed by atoms with Crippen molar-refractivity contribution in [2.75, 3.05) is 22.6 Å². The Bertz CT molecular complexity index is 635. The highest BCUT2D eigenvalue weighted by Crippen LogP contribution is 2.34. The van der Waals surface area contributed by atoms with Crippen LogP contribution in [-0.2, 0) is 28.2 Å². The van der Waals surface area contributed by atoms with Crippen LogP contribution in [0.4, 0.5) is 17.3 Å². The second-order valence-corrected chi connectivity index (χ2v) is 4.90. The van der Waals surface area contributed by atoms with Crippen molar-refractivity contribution in [2.45, 2.75) is 12.3 Å². The Morgan fingerprint density at radius 2 is 2.15 bits per heavy atom. The fourth-order valence-corrected chi connectivity index (χ4v) is 2.35. The Balaban J connectivity index is 1.90. The molecule has 0 atom stereocenters. The number of hydrogen-bond acceptors (Lipinski definition) is 7. The number of nitrogens with one attached hydrogen (secondary N) is 1. The van der Waals surface area contributed by atoms with Gasteiger partial charge in [0, 0.05) is 23.1 Å². The molecular weight excluding hydrogens is 276 g/mol. The first-order chi connectivity index (χ1) is 9.78. The third-order valence-electron chi connectivity index (χ3n) is 3.02. The normalized spacial score (nSPS) is 12.9. The van der Waals surface area contributed by atoms with E-state index in [0.29, 0.717) is 36.5 Å². The summed E-state index contributed by atoms with van der Waals surface area (Å²) in [5.41, 5.74) is 7.76. The molecule has 0 radical (unpaired) electrons. The van der Waals surface area contributed by atoms with Crippen LogP contribution in [0.5, 0.6) is 0 Å². The van der Waals surface area contributed by atoms with Gasteiger partial charge in [0.1, 0.15) is 5.69 Å². The van der Waals surface area contributed by atoms with Gasteiger partial charge in [-0.15, -0.1) is 0 Å². The van der Waals surface area contributed by atoms with Gasteiger partial charge in [-0.25, -0.2) is 9.97 Å². The molecule has 0 aliphatic carbocycles. The molecule has 3 heterocycles. The van der Waals surface area contributed by atoms with Gasteiger partial charge in [-0.1, -0.05) is 0 Å². The predicted molar refractivity (Wildman–Crippen MR) is 77.1 cm³/mol. The Morgan fingerprint density at radius 1 is 1.35 bits per heavy atom. The van der Waals surface area contributed by atoms with E-state index >= 15 is 0 Å². The summed E-state index contributed by atoms with van der Waals surface area (Å²) in [6.07, 6.45) is 3.52. The maximum Gasteiger partial charge on any atom is 0.467 e. The van der Waals surface area contributed by atoms with Crippen LogP contribution < -0.4 is 16.0 Å². The third-order valence-corrected chi connectivity index (χ3v) is 3.40. The molecule has 20 heavy (non-hydrogen) atoms. The number of nitrogens with zero attached hydrogens (tertiary/aromatic N) is 4. The second-order valence-electron chi connectivity index (χ2n) is 4.37. The summed E-state index contributed by atoms with van der Waals surface area (Å²) in [7, 11) is 0. The number of nitrogen functional groups attached to an aromatic ring is 1. The van der Waals surface area contributed by atoms with Gasteiger partial charge >= 0.3 is 11.7 Å². The summed E-state index contributed by atoms with van der Waals surface area (Å²) >= 11 is 0.436. The average Bonchev–Trinajstić information content (AvgIpc) is 2.84. The predicted octanol–water partition coefficient (Wildman–Crippen LogP) is 0.771. The van der Waals surface area contributed by atoms with Gasteiger partial charge in [0.25, 0.3) is 5.75 Å². The largest absolute Gasteiger partial charge is 0.467 e. The van der Waals surface area contributed by atoms with E-state index in [4.69, 9.17) is 5.73 Å². The van der Waals surface area contributed by atoms with Gasteiger partial charge in [0.15, 0.2) is 17.5 Å². The van der Waals surface area contributed by atoms with Crippen LogP contribution in [0.2, 0.25) is 0 Å². The summed E-state index contributed by atoms with van der Waals surface area (Å²) in [5, 5.41) is 3.18. The van der Waals surface area contributed by atoms with Crippen molar-refractivity contribution in [1.82, 2.24) is 15.0 Å². The molecular formula is C12H13N6OS+. The summed E-state index contributed by atoms with van der Waals surface area (Å²) in [6.45, 7) is 1.31. The van der Waals surface area contributed by atoms with E-state index in [1.165, 1.54) is 0 Å². The Kier molecular flexibility index (Phi) is 3.38. The molecule has 1 aliphatic heterocycles. The monoisotopic (exact) mass is 289 g/mol. The standard InChI is InChI=1S/C12H13N6OS/c13-11-10-12(17-9(16-11)6-20-19)18(7-15-10)5-8-1-3-14-4-2-8/h1-4,15H,5-7H2,(H2,13,16,17)/q+1. The third kappa shape index (κ3) is 2.37. The average molecular weight is 289 g/mol. The minimum Gasteiger partial charge on any atom is -0.382 e. The molecule has 0 unspecified atom stereocenters. The zero-order chi connectivity index (χ0) is 13.9. The van der Waals surface area contributed by atoms with E-state index in [1.54, 1.807) is 12.4 Å². The van der Waals surface area contributed by atoms with Crippen molar-refractivity contribution in [3.05, 3.63) is 35.9 Å². The molecule has 3 rings (SSSR count). The molecule has 0 bridgehead atoms. The molecule has 2 aromatic heterocycles. The Labute approximate surface area is 119 Å². The van der Waals surface area contributed by atoms with Crippen LogP contribution in [-0.4, -0.2) is 21.6 Å². The summed E-state index contributed by atoms with van der Waals surface area (Å²) in [4.78, 5) is 14.6. The van der Waals surface area contributed by atoms with Gasteiger partial charge < -0.3 is 16.0 Å². The number of hydrogen-bond donors (Lipinski definition) is 2. The summed E-state index contributed by atoms with van der Waals surface area (Å²) < 4.78 is 10.6. The van der Waals surface area contributed by atoms with E-state index in [0.717, 1.165) is 17.1 Å². The zero-order valence-corrected chi connectivity index (χ0v) is 11.4. The lowest BCUT2D eigenvalue weighted by molar-refractivity contribution is 0.604. The molecule has 3 N–H and O–H groups in total. The van der Waals surface area contributed by atoms with E-state index in [2.05, 4.69) is 25.2 Å². The molecule has 102 valence electrons. The highest BCUT2D eigenvalue weighted by Gasteiger charge is 2.25. The number of aromatic nitrogens is 3. The summed E-state index contributed by atoms with van der Waals surface area (Å²) in [6, 6.07) is 3.91. The van der Waals surface area contributed by atoms with Crippen LogP contribution in [0.15, 0.2) is 24.5 Å². The molecule has 8 heteroatoms. The van der Waals surface area contributed by atoms with Gasteiger partial charge in [-0.3, -0.25) is 4.98 Å². The summed E-state index contributed by atoms with van der Waals surface area (Å²) in [5.74, 6) is 1.81. The fraction of sp³-hybridized carbons (Fsp3) is 0.250. The van der Waals surface area contributed by atoms with Crippen LogP contribution in [0.25, 0.3) is 0 Å². The maximum atomic E-state index is 10.6. The first-order valence-electron chi connectivity index (χ1n) is 6.07. The lowest BCUT2D eigenvalue weighted by Crippen LogP contribution is -2.22. The fourth-order valence-electron chi connectivity index (χ4n) is 2.12. The smallest absolute Gasteiger partial charge is 0.382 e. The van der Waals surface area contributed by atoms with E-state index in [-0.39, 0.29) is 5.75 Å². The Morgan fingerprint density at radius 3 is 2.90 bits per heavy atom. The van der Waals surface area contributed by atoms with Crippen molar-refractivity contribution >= 4 is 29.0 Å². The first kappa shape index (κ1) is 12.7. The lowest BCUT2D eigenvalue weighted by Gasteiger charge is -2.16. The van der Waals surface area contributed by atoms with E-state index in [1.807, 2.05) is 12.1 Å². The molecule has 2 aromatic rings. The number of anilines is 3. The van der Waals surface area contributed by atoms with Crippen LogP contribution in [0, 0.1) is 0 Å². The highest BCUT2D eigenvalue weighted by atomic mass is 32.1. The number of rotatable bonds is 4. The van der Waals surface area contributed by atoms with Crippen LogP contribution in [0.1, 0.15) is 11.4 Å². The molecule has 0 saturated carbocycles. The van der Waals surface area contributed by atoms with Gasteiger partial charge in [-0.2, -0.15) is 0 Å². The molecule has 0 saturated heterocycles. The lowest BCUT2D eigenvalue weighted by atomic mass is 10.2. The minimum absolute atomic E-state index is 0.209. The van der Waals surface area contributed by atoms with Crippen LogP contribution >= 0.6 is 0 Å². The van der Waals surface area contributed by atoms with E-state index in [9.17, 15) is 4.21 Å². The molecule has 0 spiro atoms. The quantitative estimate of drug-likeness (QED) is 0.802. The second kappa shape index (κ2) is 5.33. The van der Waals surface area contributed by atoms with Crippen molar-refractivity contribution < 1.29 is 4.21 Å². The first-order valence-corrected chi connectivity index (χ1v) is 6.98. The highest BCUT2D eigenvalue weighted by molar-refractivity contribution is 7.64. The minimum atomic E-state index is 0.209. The molecule has 1 aliphatic rings. The SMILES string of the molecule is Nc1nc(C[S+]=O)nc2c1NCN2Cc1ccncc1. The number of pyridine rings is 1. The molecule has 7 nitrogen and oxygen atoms in total. The van der Waals surface area contributed by atoms with Crippen LogP contribution in [0.3, 0.4) is 0 Å². The van der Waals surface area contributed by atoms with Crippen molar-refractivity contribution in [2.24, 2.45) is 0 Å². The molecule has 0 fully saturated rings.